The molecule has 0 radical (unpaired) electrons. The quantitative estimate of drug-likeness (QED) is 0.589. The normalized spacial score (nSPS) is 18.9. The van der Waals surface area contributed by atoms with Crippen molar-refractivity contribution in [3.8, 4) is 0 Å². The number of nitrogens with zero attached hydrogens (tertiary/aromatic N) is 1. The molecule has 0 unspecified atom stereocenters. The summed E-state index contributed by atoms with van der Waals surface area (Å²) >= 11 is 0. The van der Waals surface area contributed by atoms with Crippen molar-refractivity contribution in [2.45, 2.75) is 61.9 Å². The van der Waals surface area contributed by atoms with E-state index in [9.17, 15) is 18.0 Å². The van der Waals surface area contributed by atoms with Crippen molar-refractivity contribution in [3.63, 3.8) is 0 Å². The number of nitrogens with two attached hydrogens (primary N) is 1. The fourth-order valence-corrected chi connectivity index (χ4v) is 4.33. The maximum Gasteiger partial charge on any atom is 0.321 e. The van der Waals surface area contributed by atoms with Crippen molar-refractivity contribution in [1.29, 1.82) is 0 Å². The van der Waals surface area contributed by atoms with Crippen molar-refractivity contribution in [3.05, 3.63) is 24.3 Å². The summed E-state index contributed by atoms with van der Waals surface area (Å²) < 4.78 is 22.6. The van der Waals surface area contributed by atoms with Gasteiger partial charge in [-0.2, -0.15) is 0 Å². The zero-order valence-electron chi connectivity index (χ0n) is 16.4. The Bertz CT molecular complexity index is 814. The largest absolute Gasteiger partial charge is 0.335 e. The number of hydrogen-bond acceptors (Lipinski definition) is 4. The van der Waals surface area contributed by atoms with E-state index in [1.165, 1.54) is 43.5 Å². The number of amides is 4. The minimum Gasteiger partial charge on any atom is -0.335 e. The van der Waals surface area contributed by atoms with Gasteiger partial charge in [-0.1, -0.05) is 19.3 Å². The third-order valence-electron chi connectivity index (χ3n) is 5.49. The number of hydrogen-bond donors (Lipinski definition) is 4. The zero-order valence-corrected chi connectivity index (χ0v) is 17.2. The summed E-state index contributed by atoms with van der Waals surface area (Å²) in [6, 6.07) is 5.67. The number of anilines is 1. The summed E-state index contributed by atoms with van der Waals surface area (Å²) in [5.74, 6) is 0. The first-order valence-corrected chi connectivity index (χ1v) is 11.6. The lowest BCUT2D eigenvalue weighted by molar-refractivity contribution is 0.186. The van der Waals surface area contributed by atoms with Gasteiger partial charge in [0.15, 0.2) is 0 Å². The van der Waals surface area contributed by atoms with Gasteiger partial charge >= 0.3 is 12.1 Å². The molecule has 10 heteroatoms. The summed E-state index contributed by atoms with van der Waals surface area (Å²) in [4.78, 5) is 26.3. The number of urea groups is 2. The third kappa shape index (κ3) is 6.33. The highest BCUT2D eigenvalue weighted by Gasteiger charge is 2.25. The third-order valence-corrected chi connectivity index (χ3v) is 6.42. The van der Waals surface area contributed by atoms with Crippen LogP contribution in [0.2, 0.25) is 0 Å². The van der Waals surface area contributed by atoms with E-state index in [0.29, 0.717) is 31.6 Å². The van der Waals surface area contributed by atoms with Crippen LogP contribution in [-0.2, 0) is 10.0 Å². The Morgan fingerprint density at radius 3 is 2.00 bits per heavy atom. The van der Waals surface area contributed by atoms with E-state index in [-0.39, 0.29) is 29.0 Å². The molecule has 2 aliphatic rings. The van der Waals surface area contributed by atoms with Gasteiger partial charge in [-0.15, -0.1) is 0 Å². The lowest BCUT2D eigenvalue weighted by Gasteiger charge is -2.33. The van der Waals surface area contributed by atoms with Crippen LogP contribution in [-0.4, -0.2) is 50.6 Å². The van der Waals surface area contributed by atoms with Gasteiger partial charge in [0.05, 0.1) is 4.90 Å². The maximum absolute atomic E-state index is 12.4. The molecule has 1 saturated heterocycles. The fourth-order valence-electron chi connectivity index (χ4n) is 3.82. The first-order valence-electron chi connectivity index (χ1n) is 10.1. The van der Waals surface area contributed by atoms with E-state index < -0.39 is 10.0 Å². The molecule has 0 bridgehead atoms. The predicted octanol–water partition coefficient (Wildman–Crippen LogP) is 1.96. The van der Waals surface area contributed by atoms with Crippen molar-refractivity contribution in [2.24, 2.45) is 5.14 Å². The SMILES string of the molecule is NS(=O)(=O)c1ccc(NC(=O)N2CCC(NC(=O)NC3CCCCC3)CC2)cc1. The molecular weight excluding hydrogens is 394 g/mol. The van der Waals surface area contributed by atoms with Crippen LogP contribution in [0.3, 0.4) is 0 Å². The molecule has 29 heavy (non-hydrogen) atoms. The molecule has 0 aromatic heterocycles. The fraction of sp³-hybridized carbons (Fsp3) is 0.579. The number of primary sulfonamides is 1. The Morgan fingerprint density at radius 2 is 1.45 bits per heavy atom. The number of carbonyl (C=O) groups excluding carboxylic acids is 2. The molecule has 0 spiro atoms. The highest BCUT2D eigenvalue weighted by atomic mass is 32.2. The van der Waals surface area contributed by atoms with Gasteiger partial charge in [-0.25, -0.2) is 23.1 Å². The molecule has 1 aliphatic carbocycles. The summed E-state index contributed by atoms with van der Waals surface area (Å²) in [5, 5.41) is 13.9. The van der Waals surface area contributed by atoms with E-state index in [1.54, 1.807) is 4.90 Å². The molecule has 1 saturated carbocycles. The molecule has 3 rings (SSSR count). The second kappa shape index (κ2) is 9.45. The standard InChI is InChI=1S/C19H29N5O4S/c20-29(27,28)17-8-6-15(7-9-17)23-19(26)24-12-10-16(11-13-24)22-18(25)21-14-4-2-1-3-5-14/h6-9,14,16H,1-5,10-13H2,(H,23,26)(H2,20,27,28)(H2,21,22,25). The summed E-state index contributed by atoms with van der Waals surface area (Å²) in [5.41, 5.74) is 0.495. The van der Waals surface area contributed by atoms with Gasteiger partial charge in [-0.3, -0.25) is 0 Å². The Hall–Kier alpha value is -2.33. The minimum atomic E-state index is -3.76. The summed E-state index contributed by atoms with van der Waals surface area (Å²) in [7, 11) is -3.76. The zero-order chi connectivity index (χ0) is 20.9. The number of carbonyl (C=O) groups is 2. The number of sulfonamides is 1. The Morgan fingerprint density at radius 1 is 0.897 bits per heavy atom. The van der Waals surface area contributed by atoms with Crippen molar-refractivity contribution < 1.29 is 18.0 Å². The van der Waals surface area contributed by atoms with Gasteiger partial charge in [0, 0.05) is 30.9 Å². The number of nitrogens with one attached hydrogen (secondary N) is 3. The Labute approximate surface area is 171 Å². The average molecular weight is 424 g/mol. The predicted molar refractivity (Wildman–Crippen MR) is 110 cm³/mol. The lowest BCUT2D eigenvalue weighted by atomic mass is 9.96. The molecule has 5 N–H and O–H groups in total. The number of likely N-dealkylation sites (tertiary alicyclic amines) is 1. The molecule has 1 aromatic rings. The van der Waals surface area contributed by atoms with E-state index in [4.69, 9.17) is 5.14 Å². The molecular formula is C19H29N5O4S. The van der Waals surface area contributed by atoms with Gasteiger partial charge in [0.25, 0.3) is 0 Å². The summed E-state index contributed by atoms with van der Waals surface area (Å²) in [6.45, 7) is 1.07. The molecule has 9 nitrogen and oxygen atoms in total. The Kier molecular flexibility index (Phi) is 6.96. The van der Waals surface area contributed by atoms with Crippen LogP contribution in [0.5, 0.6) is 0 Å². The lowest BCUT2D eigenvalue weighted by Crippen LogP contribution is -2.51. The molecule has 0 atom stereocenters. The van der Waals surface area contributed by atoms with Gasteiger partial charge in [-0.05, 0) is 49.9 Å². The molecule has 1 aromatic carbocycles. The first-order chi connectivity index (χ1) is 13.8. The molecule has 160 valence electrons. The Balaban J connectivity index is 1.41. The smallest absolute Gasteiger partial charge is 0.321 e. The highest BCUT2D eigenvalue weighted by Crippen LogP contribution is 2.18. The average Bonchev–Trinajstić information content (AvgIpc) is 2.69. The maximum atomic E-state index is 12.4. The molecule has 1 heterocycles. The van der Waals surface area contributed by atoms with Crippen LogP contribution in [0.25, 0.3) is 0 Å². The highest BCUT2D eigenvalue weighted by molar-refractivity contribution is 7.89. The number of piperidine rings is 1. The van der Waals surface area contributed by atoms with E-state index in [0.717, 1.165) is 12.8 Å². The van der Waals surface area contributed by atoms with E-state index in [1.807, 2.05) is 0 Å². The molecule has 1 aliphatic heterocycles. The number of rotatable bonds is 4. The van der Waals surface area contributed by atoms with Crippen LogP contribution < -0.4 is 21.1 Å². The van der Waals surface area contributed by atoms with Crippen LogP contribution in [0, 0.1) is 0 Å². The minimum absolute atomic E-state index is 0.00566. The van der Waals surface area contributed by atoms with Gasteiger partial charge < -0.3 is 20.9 Å². The summed E-state index contributed by atoms with van der Waals surface area (Å²) in [6.07, 6.45) is 7.06. The van der Waals surface area contributed by atoms with E-state index >= 15 is 0 Å². The van der Waals surface area contributed by atoms with Crippen LogP contribution in [0.1, 0.15) is 44.9 Å². The van der Waals surface area contributed by atoms with Crippen LogP contribution in [0.4, 0.5) is 15.3 Å². The topological polar surface area (TPSA) is 134 Å². The second-order valence-electron chi connectivity index (χ2n) is 7.71. The molecule has 2 fully saturated rings. The first kappa shape index (κ1) is 21.4. The second-order valence-corrected chi connectivity index (χ2v) is 9.28. The molecule has 4 amide bonds. The van der Waals surface area contributed by atoms with Crippen molar-refractivity contribution in [2.75, 3.05) is 18.4 Å². The van der Waals surface area contributed by atoms with Crippen molar-refractivity contribution >= 4 is 27.8 Å². The van der Waals surface area contributed by atoms with Crippen molar-refractivity contribution in [1.82, 2.24) is 15.5 Å². The van der Waals surface area contributed by atoms with Crippen LogP contribution >= 0.6 is 0 Å². The van der Waals surface area contributed by atoms with Gasteiger partial charge in [0.2, 0.25) is 10.0 Å². The van der Waals surface area contributed by atoms with E-state index in [2.05, 4.69) is 16.0 Å². The van der Waals surface area contributed by atoms with Crippen LogP contribution in [0.15, 0.2) is 29.2 Å². The van der Waals surface area contributed by atoms with Gasteiger partial charge in [0.1, 0.15) is 0 Å². The monoisotopic (exact) mass is 423 g/mol. The number of benzene rings is 1.